The molecular formula is C15H16O4. The summed E-state index contributed by atoms with van der Waals surface area (Å²) < 4.78 is 10.6. The van der Waals surface area contributed by atoms with E-state index in [9.17, 15) is 9.90 Å². The summed E-state index contributed by atoms with van der Waals surface area (Å²) in [5.74, 6) is -1.76. The highest BCUT2D eigenvalue weighted by atomic mass is 16.7. The zero-order valence-corrected chi connectivity index (χ0v) is 10.9. The Balaban J connectivity index is 2.33. The molecule has 100 valence electrons. The van der Waals surface area contributed by atoms with Gasteiger partial charge < -0.3 is 14.6 Å². The second kappa shape index (κ2) is 5.38. The largest absolute Gasteiger partial charge is 0.422 e. The minimum atomic E-state index is -1.22. The molecule has 0 bridgehead atoms. The van der Waals surface area contributed by atoms with Gasteiger partial charge in [-0.2, -0.15) is 0 Å². The molecule has 0 fully saturated rings. The van der Waals surface area contributed by atoms with E-state index >= 15 is 0 Å². The second-order valence-electron chi connectivity index (χ2n) is 4.27. The third-order valence-electron chi connectivity index (χ3n) is 3.22. The van der Waals surface area contributed by atoms with Crippen molar-refractivity contribution in [1.82, 2.24) is 0 Å². The summed E-state index contributed by atoms with van der Waals surface area (Å²) in [5, 5.41) is 9.18. The first-order chi connectivity index (χ1) is 9.13. The Hall–Kier alpha value is -1.91. The molecule has 0 unspecified atom stereocenters. The van der Waals surface area contributed by atoms with E-state index in [4.69, 9.17) is 9.47 Å². The number of rotatable bonds is 4. The molecule has 0 radical (unpaired) electrons. The van der Waals surface area contributed by atoms with E-state index in [1.165, 1.54) is 7.11 Å². The van der Waals surface area contributed by atoms with Gasteiger partial charge in [0.1, 0.15) is 0 Å². The highest BCUT2D eigenvalue weighted by Crippen LogP contribution is 2.34. The van der Waals surface area contributed by atoms with Crippen molar-refractivity contribution in [2.24, 2.45) is 0 Å². The van der Waals surface area contributed by atoms with Crippen LogP contribution in [0, 0.1) is 0 Å². The molecule has 0 spiro atoms. The quantitative estimate of drug-likeness (QED) is 0.840. The monoisotopic (exact) mass is 260 g/mol. The van der Waals surface area contributed by atoms with Crippen molar-refractivity contribution in [3.8, 4) is 0 Å². The number of hydrogen-bond acceptors (Lipinski definition) is 4. The van der Waals surface area contributed by atoms with Gasteiger partial charge in [0, 0.05) is 12.7 Å². The Morgan fingerprint density at radius 1 is 1.37 bits per heavy atom. The number of carbonyl (C=O) groups is 1. The molecule has 1 aliphatic rings. The summed E-state index contributed by atoms with van der Waals surface area (Å²) in [6.45, 7) is 1.37. The van der Waals surface area contributed by atoms with Crippen LogP contribution in [0.15, 0.2) is 47.6 Å². The Morgan fingerprint density at radius 3 is 2.58 bits per heavy atom. The molecule has 0 saturated carbocycles. The highest BCUT2D eigenvalue weighted by molar-refractivity contribution is 5.93. The van der Waals surface area contributed by atoms with Crippen LogP contribution in [0.2, 0.25) is 0 Å². The SMILES string of the molecule is CO[C@@]1(/C=C/c2ccccc2)OC(=O)C(CO)=C1C. The minimum Gasteiger partial charge on any atom is -0.422 e. The lowest BCUT2D eigenvalue weighted by atomic mass is 10.0. The zero-order chi connectivity index (χ0) is 13.9. The van der Waals surface area contributed by atoms with Crippen LogP contribution in [-0.2, 0) is 14.3 Å². The molecule has 1 aromatic carbocycles. The van der Waals surface area contributed by atoms with Crippen LogP contribution in [0.5, 0.6) is 0 Å². The highest BCUT2D eigenvalue weighted by Gasteiger charge is 2.43. The number of carbonyl (C=O) groups excluding carboxylic acids is 1. The lowest BCUT2D eigenvalue weighted by molar-refractivity contribution is -0.175. The number of esters is 1. The molecule has 1 N–H and O–H groups in total. The van der Waals surface area contributed by atoms with E-state index in [1.807, 2.05) is 36.4 Å². The number of aliphatic hydroxyl groups excluding tert-OH is 1. The average Bonchev–Trinajstić information content (AvgIpc) is 2.69. The third kappa shape index (κ3) is 2.45. The molecule has 0 aromatic heterocycles. The number of ether oxygens (including phenoxy) is 2. The average molecular weight is 260 g/mol. The maximum Gasteiger partial charge on any atom is 0.339 e. The molecule has 0 aliphatic carbocycles. The van der Waals surface area contributed by atoms with E-state index in [0.29, 0.717) is 5.57 Å². The van der Waals surface area contributed by atoms with Crippen molar-refractivity contribution < 1.29 is 19.4 Å². The molecule has 1 heterocycles. The van der Waals surface area contributed by atoms with Gasteiger partial charge in [-0.1, -0.05) is 36.4 Å². The molecule has 1 aliphatic heterocycles. The van der Waals surface area contributed by atoms with Crippen molar-refractivity contribution in [2.75, 3.05) is 13.7 Å². The van der Waals surface area contributed by atoms with Gasteiger partial charge in [-0.05, 0) is 18.6 Å². The molecule has 0 saturated heterocycles. The molecular weight excluding hydrogens is 244 g/mol. The van der Waals surface area contributed by atoms with Crippen LogP contribution in [0.1, 0.15) is 12.5 Å². The minimum absolute atomic E-state index is 0.250. The summed E-state index contributed by atoms with van der Waals surface area (Å²) in [7, 11) is 1.46. The Kier molecular flexibility index (Phi) is 3.83. The smallest absolute Gasteiger partial charge is 0.339 e. The van der Waals surface area contributed by atoms with Gasteiger partial charge in [0.25, 0.3) is 5.79 Å². The van der Waals surface area contributed by atoms with Gasteiger partial charge in [-0.25, -0.2) is 4.79 Å². The topological polar surface area (TPSA) is 55.8 Å². The fourth-order valence-corrected chi connectivity index (χ4v) is 2.01. The molecule has 1 aromatic rings. The number of aliphatic hydroxyl groups is 1. The fraction of sp³-hybridized carbons (Fsp3) is 0.267. The molecule has 2 rings (SSSR count). The first-order valence-electron chi connectivity index (χ1n) is 5.97. The number of methoxy groups -OCH3 is 1. The lowest BCUT2D eigenvalue weighted by Gasteiger charge is -2.24. The van der Waals surface area contributed by atoms with Crippen molar-refractivity contribution in [3.05, 3.63) is 53.1 Å². The lowest BCUT2D eigenvalue weighted by Crippen LogP contribution is -2.31. The molecule has 1 atom stereocenters. The fourth-order valence-electron chi connectivity index (χ4n) is 2.01. The number of hydrogen-bond donors (Lipinski definition) is 1. The van der Waals surface area contributed by atoms with Gasteiger partial charge >= 0.3 is 5.97 Å². The van der Waals surface area contributed by atoms with Crippen LogP contribution in [-0.4, -0.2) is 30.6 Å². The van der Waals surface area contributed by atoms with Crippen molar-refractivity contribution in [2.45, 2.75) is 12.7 Å². The van der Waals surface area contributed by atoms with Gasteiger partial charge in [-0.15, -0.1) is 0 Å². The maximum atomic E-state index is 11.6. The summed E-state index contributed by atoms with van der Waals surface area (Å²) in [6.07, 6.45) is 3.50. The Labute approximate surface area is 112 Å². The summed E-state index contributed by atoms with van der Waals surface area (Å²) in [4.78, 5) is 11.6. The van der Waals surface area contributed by atoms with E-state index in [2.05, 4.69) is 0 Å². The first kappa shape index (κ1) is 13.5. The Morgan fingerprint density at radius 2 is 2.05 bits per heavy atom. The number of benzene rings is 1. The first-order valence-corrected chi connectivity index (χ1v) is 5.97. The second-order valence-corrected chi connectivity index (χ2v) is 4.27. The van der Waals surface area contributed by atoms with Crippen LogP contribution in [0.3, 0.4) is 0 Å². The van der Waals surface area contributed by atoms with E-state index in [1.54, 1.807) is 13.0 Å². The van der Waals surface area contributed by atoms with Crippen molar-refractivity contribution >= 4 is 12.0 Å². The van der Waals surface area contributed by atoms with Crippen LogP contribution >= 0.6 is 0 Å². The maximum absolute atomic E-state index is 11.6. The van der Waals surface area contributed by atoms with Gasteiger partial charge in [0.2, 0.25) is 0 Å². The zero-order valence-electron chi connectivity index (χ0n) is 10.9. The summed E-state index contributed by atoms with van der Waals surface area (Å²) in [5.41, 5.74) is 1.80. The van der Waals surface area contributed by atoms with Gasteiger partial charge in [0.05, 0.1) is 12.2 Å². The van der Waals surface area contributed by atoms with E-state index < -0.39 is 11.8 Å². The normalized spacial score (nSPS) is 23.2. The summed E-state index contributed by atoms with van der Waals surface area (Å²) >= 11 is 0. The van der Waals surface area contributed by atoms with Crippen molar-refractivity contribution in [3.63, 3.8) is 0 Å². The van der Waals surface area contributed by atoms with E-state index in [-0.39, 0.29) is 12.2 Å². The van der Waals surface area contributed by atoms with Crippen LogP contribution < -0.4 is 0 Å². The van der Waals surface area contributed by atoms with Crippen LogP contribution in [0.25, 0.3) is 6.08 Å². The van der Waals surface area contributed by atoms with Crippen molar-refractivity contribution in [1.29, 1.82) is 0 Å². The molecule has 19 heavy (non-hydrogen) atoms. The van der Waals surface area contributed by atoms with Gasteiger partial charge in [0.15, 0.2) is 0 Å². The van der Waals surface area contributed by atoms with E-state index in [0.717, 1.165) is 5.56 Å². The standard InChI is InChI=1S/C15H16O4/c1-11-13(10-16)14(17)19-15(11,18-2)9-8-12-6-4-3-5-7-12/h3-9,16H,10H2,1-2H3/b9-8+/t15-/m0/s1. The number of cyclic esters (lactones) is 1. The van der Waals surface area contributed by atoms with Crippen LogP contribution in [0.4, 0.5) is 0 Å². The van der Waals surface area contributed by atoms with Gasteiger partial charge in [-0.3, -0.25) is 0 Å². The molecule has 4 heteroatoms. The predicted octanol–water partition coefficient (Wildman–Crippen LogP) is 1.91. The molecule has 4 nitrogen and oxygen atoms in total. The third-order valence-corrected chi connectivity index (χ3v) is 3.22. The predicted molar refractivity (Wildman–Crippen MR) is 71.1 cm³/mol. The Bertz CT molecular complexity index is 530. The molecule has 0 amide bonds. The summed E-state index contributed by atoms with van der Waals surface area (Å²) in [6, 6.07) is 9.63.